The van der Waals surface area contributed by atoms with Crippen molar-refractivity contribution in [3.63, 3.8) is 0 Å². The molecular formula is C15H14ClNO3. The number of halogens is 1. The van der Waals surface area contributed by atoms with E-state index in [1.165, 1.54) is 18.2 Å². The topological polar surface area (TPSA) is 52.4 Å². The van der Waals surface area contributed by atoms with Gasteiger partial charge in [-0.2, -0.15) is 0 Å². The van der Waals surface area contributed by atoms with Crippen molar-refractivity contribution in [1.29, 1.82) is 0 Å². The molecule has 0 amide bonds. The summed E-state index contributed by atoms with van der Waals surface area (Å²) in [7, 11) is 0. The van der Waals surface area contributed by atoms with Gasteiger partial charge in [-0.3, -0.25) is 10.1 Å². The van der Waals surface area contributed by atoms with Crippen molar-refractivity contribution in [3.05, 3.63) is 68.2 Å². The van der Waals surface area contributed by atoms with E-state index in [1.54, 1.807) is 0 Å². The van der Waals surface area contributed by atoms with Gasteiger partial charge in [-0.25, -0.2) is 0 Å². The summed E-state index contributed by atoms with van der Waals surface area (Å²) in [6.07, 6.45) is 0. The Labute approximate surface area is 122 Å². The molecule has 0 aliphatic carbocycles. The maximum atomic E-state index is 10.8. The van der Waals surface area contributed by atoms with Crippen LogP contribution in [0.15, 0.2) is 36.4 Å². The van der Waals surface area contributed by atoms with Crippen LogP contribution in [0.2, 0.25) is 5.02 Å². The van der Waals surface area contributed by atoms with Crippen LogP contribution in [-0.4, -0.2) is 4.92 Å². The molecule has 0 aliphatic rings. The van der Waals surface area contributed by atoms with Gasteiger partial charge in [-0.15, -0.1) is 0 Å². The van der Waals surface area contributed by atoms with Crippen molar-refractivity contribution in [1.82, 2.24) is 0 Å². The van der Waals surface area contributed by atoms with Crippen molar-refractivity contribution in [3.8, 4) is 5.75 Å². The number of nitrogens with zero attached hydrogens (tertiary/aromatic N) is 1. The van der Waals surface area contributed by atoms with Crippen molar-refractivity contribution in [2.45, 2.75) is 20.5 Å². The van der Waals surface area contributed by atoms with Gasteiger partial charge in [-0.1, -0.05) is 29.8 Å². The summed E-state index contributed by atoms with van der Waals surface area (Å²) in [6.45, 7) is 4.33. The van der Waals surface area contributed by atoms with Crippen LogP contribution in [0.5, 0.6) is 5.75 Å². The third-order valence-electron chi connectivity index (χ3n) is 3.14. The van der Waals surface area contributed by atoms with E-state index in [1.807, 2.05) is 32.0 Å². The van der Waals surface area contributed by atoms with Gasteiger partial charge in [0, 0.05) is 6.07 Å². The summed E-state index contributed by atoms with van der Waals surface area (Å²) >= 11 is 6.00. The maximum absolute atomic E-state index is 10.8. The van der Waals surface area contributed by atoms with Gasteiger partial charge in [0.25, 0.3) is 5.69 Å². The van der Waals surface area contributed by atoms with Crippen LogP contribution in [0.25, 0.3) is 0 Å². The molecule has 0 fully saturated rings. The summed E-state index contributed by atoms with van der Waals surface area (Å²) in [5.41, 5.74) is 3.26. The lowest BCUT2D eigenvalue weighted by Gasteiger charge is -2.12. The maximum Gasteiger partial charge on any atom is 0.273 e. The Balaban J connectivity index is 2.23. The molecule has 0 radical (unpaired) electrons. The first-order valence-electron chi connectivity index (χ1n) is 6.11. The molecule has 4 nitrogen and oxygen atoms in total. The zero-order valence-electron chi connectivity index (χ0n) is 11.2. The Morgan fingerprint density at radius 3 is 2.45 bits per heavy atom. The molecule has 2 aromatic carbocycles. The molecule has 0 saturated heterocycles. The molecule has 0 atom stereocenters. The van der Waals surface area contributed by atoms with Crippen LogP contribution in [0.4, 0.5) is 5.69 Å². The molecule has 0 N–H and O–H groups in total. The second-order valence-electron chi connectivity index (χ2n) is 4.53. The molecule has 0 bridgehead atoms. The third-order valence-corrected chi connectivity index (χ3v) is 3.45. The number of non-ortho nitro benzene ring substituents is 1. The standard InChI is InChI=1S/C15H14ClNO3/c1-10-4-3-5-11(2)13(10)9-20-15-8-12(17(18)19)6-7-14(15)16/h3-8H,9H2,1-2H3. The van der Waals surface area contributed by atoms with Gasteiger partial charge in [0.1, 0.15) is 12.4 Å². The van der Waals surface area contributed by atoms with Crippen molar-refractivity contribution >= 4 is 17.3 Å². The van der Waals surface area contributed by atoms with E-state index in [9.17, 15) is 10.1 Å². The van der Waals surface area contributed by atoms with Gasteiger partial charge in [0.2, 0.25) is 0 Å². The van der Waals surface area contributed by atoms with Gasteiger partial charge in [0.15, 0.2) is 0 Å². The molecule has 0 aliphatic heterocycles. The van der Waals surface area contributed by atoms with Crippen LogP contribution >= 0.6 is 11.6 Å². The molecule has 104 valence electrons. The third kappa shape index (κ3) is 3.08. The molecule has 20 heavy (non-hydrogen) atoms. The zero-order chi connectivity index (χ0) is 14.7. The minimum absolute atomic E-state index is 0.0362. The lowest BCUT2D eigenvalue weighted by Crippen LogP contribution is -2.01. The monoisotopic (exact) mass is 291 g/mol. The lowest BCUT2D eigenvalue weighted by molar-refractivity contribution is -0.384. The number of ether oxygens (including phenoxy) is 1. The highest BCUT2D eigenvalue weighted by molar-refractivity contribution is 6.32. The molecule has 0 aromatic heterocycles. The smallest absolute Gasteiger partial charge is 0.273 e. The number of nitro benzene ring substituents is 1. The van der Waals surface area contributed by atoms with Gasteiger partial charge in [0.05, 0.1) is 16.0 Å². The highest BCUT2D eigenvalue weighted by atomic mass is 35.5. The minimum atomic E-state index is -0.470. The van der Waals surface area contributed by atoms with Gasteiger partial charge < -0.3 is 4.74 Å². The molecular weight excluding hydrogens is 278 g/mol. The van der Waals surface area contributed by atoms with E-state index >= 15 is 0 Å². The largest absolute Gasteiger partial charge is 0.487 e. The number of hydrogen-bond donors (Lipinski definition) is 0. The van der Waals surface area contributed by atoms with Crippen LogP contribution in [0.1, 0.15) is 16.7 Å². The normalized spacial score (nSPS) is 10.3. The number of nitro groups is 1. The highest BCUT2D eigenvalue weighted by Gasteiger charge is 2.11. The Kier molecular flexibility index (Phi) is 4.25. The molecule has 0 saturated carbocycles. The second kappa shape index (κ2) is 5.92. The fraction of sp³-hybridized carbons (Fsp3) is 0.200. The lowest BCUT2D eigenvalue weighted by atomic mass is 10.0. The molecule has 0 unspecified atom stereocenters. The first-order chi connectivity index (χ1) is 9.49. The Morgan fingerprint density at radius 2 is 1.85 bits per heavy atom. The average molecular weight is 292 g/mol. The van der Waals surface area contributed by atoms with Gasteiger partial charge in [-0.05, 0) is 36.6 Å². The SMILES string of the molecule is Cc1cccc(C)c1COc1cc([N+](=O)[O-])ccc1Cl. The predicted octanol–water partition coefficient (Wildman–Crippen LogP) is 4.44. The first-order valence-corrected chi connectivity index (χ1v) is 6.48. The van der Waals surface area contributed by atoms with Crippen LogP contribution in [0, 0.1) is 24.0 Å². The summed E-state index contributed by atoms with van der Waals surface area (Å²) in [5.74, 6) is 0.323. The number of benzene rings is 2. The van der Waals surface area contributed by atoms with Gasteiger partial charge >= 0.3 is 0 Å². The van der Waals surface area contributed by atoms with E-state index < -0.39 is 4.92 Å². The van der Waals surface area contributed by atoms with E-state index in [0.29, 0.717) is 17.4 Å². The minimum Gasteiger partial charge on any atom is -0.487 e. The summed E-state index contributed by atoms with van der Waals surface area (Å²) in [6, 6.07) is 10.2. The Bertz CT molecular complexity index is 635. The summed E-state index contributed by atoms with van der Waals surface area (Å²) < 4.78 is 5.64. The molecule has 0 heterocycles. The second-order valence-corrected chi connectivity index (χ2v) is 4.94. The fourth-order valence-corrected chi connectivity index (χ4v) is 2.11. The van der Waals surface area contributed by atoms with E-state index in [0.717, 1.165) is 16.7 Å². The van der Waals surface area contributed by atoms with Crippen LogP contribution in [-0.2, 0) is 6.61 Å². The van der Waals surface area contributed by atoms with Crippen LogP contribution < -0.4 is 4.74 Å². The number of aryl methyl sites for hydroxylation is 2. The number of hydrogen-bond acceptors (Lipinski definition) is 3. The Hall–Kier alpha value is -2.07. The zero-order valence-corrected chi connectivity index (χ0v) is 12.0. The van der Waals surface area contributed by atoms with Crippen molar-refractivity contribution in [2.24, 2.45) is 0 Å². The molecule has 5 heteroatoms. The van der Waals surface area contributed by atoms with E-state index in [4.69, 9.17) is 16.3 Å². The summed E-state index contributed by atoms with van der Waals surface area (Å²) in [5, 5.41) is 11.1. The molecule has 0 spiro atoms. The summed E-state index contributed by atoms with van der Waals surface area (Å²) in [4.78, 5) is 10.3. The first kappa shape index (κ1) is 14.3. The van der Waals surface area contributed by atoms with E-state index in [-0.39, 0.29) is 5.69 Å². The quantitative estimate of drug-likeness (QED) is 0.618. The highest BCUT2D eigenvalue weighted by Crippen LogP contribution is 2.30. The Morgan fingerprint density at radius 1 is 1.20 bits per heavy atom. The molecule has 2 aromatic rings. The number of rotatable bonds is 4. The van der Waals surface area contributed by atoms with Crippen molar-refractivity contribution < 1.29 is 9.66 Å². The van der Waals surface area contributed by atoms with Crippen molar-refractivity contribution in [2.75, 3.05) is 0 Å². The predicted molar refractivity (Wildman–Crippen MR) is 78.4 cm³/mol. The average Bonchev–Trinajstić information content (AvgIpc) is 2.39. The van der Waals surface area contributed by atoms with Crippen LogP contribution in [0.3, 0.4) is 0 Å². The fourth-order valence-electron chi connectivity index (χ4n) is 1.94. The molecule has 2 rings (SSSR count). The van der Waals surface area contributed by atoms with E-state index in [2.05, 4.69) is 0 Å².